The summed E-state index contributed by atoms with van der Waals surface area (Å²) in [4.78, 5) is 21.6. The number of nitrogens with zero attached hydrogens (tertiary/aromatic N) is 2. The van der Waals surface area contributed by atoms with Crippen LogP contribution in [0.15, 0.2) is 42.9 Å². The maximum atomic E-state index is 12.6. The lowest BCUT2D eigenvalue weighted by Crippen LogP contribution is -2.46. The number of rotatable bonds is 5. The lowest BCUT2D eigenvalue weighted by Gasteiger charge is -2.35. The number of ether oxygens (including phenoxy) is 2. The van der Waals surface area contributed by atoms with Gasteiger partial charge in [0.25, 0.3) is 5.91 Å². The molecule has 6 heteroatoms. The Morgan fingerprint density at radius 2 is 2.28 bits per heavy atom. The molecule has 1 N–H and O–H groups in total. The third kappa shape index (κ3) is 3.60. The van der Waals surface area contributed by atoms with Gasteiger partial charge in [0.2, 0.25) is 0 Å². The quantitative estimate of drug-likeness (QED) is 0.907. The number of pyridine rings is 1. The van der Waals surface area contributed by atoms with Crippen molar-refractivity contribution in [3.8, 4) is 0 Å². The topological polar surface area (TPSA) is 67.5 Å². The molecule has 0 aliphatic carbocycles. The van der Waals surface area contributed by atoms with Crippen molar-refractivity contribution in [3.63, 3.8) is 0 Å². The summed E-state index contributed by atoms with van der Waals surface area (Å²) < 4.78 is 12.0. The minimum absolute atomic E-state index is 0.0763. The van der Waals surface area contributed by atoms with E-state index in [9.17, 15) is 4.79 Å². The van der Waals surface area contributed by atoms with Gasteiger partial charge in [0, 0.05) is 25.1 Å². The first-order chi connectivity index (χ1) is 12.3. The van der Waals surface area contributed by atoms with Gasteiger partial charge in [-0.05, 0) is 43.0 Å². The minimum atomic E-state index is 0.0763. The zero-order chi connectivity index (χ0) is 17.1. The molecule has 4 heterocycles. The number of H-pyrrole nitrogens is 1. The van der Waals surface area contributed by atoms with Gasteiger partial charge in [-0.15, -0.1) is 0 Å². The van der Waals surface area contributed by atoms with Crippen molar-refractivity contribution in [2.24, 2.45) is 0 Å². The summed E-state index contributed by atoms with van der Waals surface area (Å²) in [5.41, 5.74) is 1.72. The molecule has 0 aromatic carbocycles. The first kappa shape index (κ1) is 16.3. The fraction of sp³-hybridized carbons (Fsp3) is 0.474. The Bertz CT molecular complexity index is 689. The number of hydrogen-bond acceptors (Lipinski definition) is 4. The van der Waals surface area contributed by atoms with Gasteiger partial charge < -0.3 is 19.4 Å². The van der Waals surface area contributed by atoms with E-state index >= 15 is 0 Å². The molecule has 2 aromatic rings. The maximum Gasteiger partial charge on any atom is 0.270 e. The Hall–Kier alpha value is -2.18. The second kappa shape index (κ2) is 7.37. The maximum absolute atomic E-state index is 12.6. The van der Waals surface area contributed by atoms with Gasteiger partial charge in [-0.25, -0.2) is 0 Å². The van der Waals surface area contributed by atoms with E-state index < -0.39 is 0 Å². The number of aromatic nitrogens is 2. The van der Waals surface area contributed by atoms with Gasteiger partial charge in [-0.3, -0.25) is 9.78 Å². The van der Waals surface area contributed by atoms with Crippen LogP contribution in [-0.4, -0.2) is 52.2 Å². The van der Waals surface area contributed by atoms with Crippen LogP contribution in [0.3, 0.4) is 0 Å². The van der Waals surface area contributed by atoms with Crippen molar-refractivity contribution in [3.05, 3.63) is 54.1 Å². The SMILES string of the molecule is O=C(c1ccc[nH]1)N1CC[C@@H]2O[C@@H](COCc3cccnc3)CC[C@@H]21. The highest BCUT2D eigenvalue weighted by Crippen LogP contribution is 2.32. The average molecular weight is 341 g/mol. The van der Waals surface area contributed by atoms with Crippen LogP contribution in [0.25, 0.3) is 0 Å². The van der Waals surface area contributed by atoms with Crippen molar-refractivity contribution < 1.29 is 14.3 Å². The molecule has 0 spiro atoms. The molecule has 6 nitrogen and oxygen atoms in total. The zero-order valence-corrected chi connectivity index (χ0v) is 14.1. The fourth-order valence-electron chi connectivity index (χ4n) is 3.78. The van der Waals surface area contributed by atoms with Crippen LogP contribution in [0.2, 0.25) is 0 Å². The first-order valence-corrected chi connectivity index (χ1v) is 8.88. The lowest BCUT2D eigenvalue weighted by molar-refractivity contribution is -0.0988. The van der Waals surface area contributed by atoms with Gasteiger partial charge in [-0.2, -0.15) is 0 Å². The molecule has 2 saturated heterocycles. The normalized spacial score (nSPS) is 25.8. The van der Waals surface area contributed by atoms with Crippen LogP contribution in [0.1, 0.15) is 35.3 Å². The van der Waals surface area contributed by atoms with Crippen LogP contribution < -0.4 is 0 Å². The van der Waals surface area contributed by atoms with Crippen molar-refractivity contribution in [2.75, 3.05) is 13.2 Å². The van der Waals surface area contributed by atoms with E-state index in [1.165, 1.54) is 0 Å². The third-order valence-electron chi connectivity index (χ3n) is 5.02. The van der Waals surface area contributed by atoms with Crippen LogP contribution in [-0.2, 0) is 16.1 Å². The van der Waals surface area contributed by atoms with Crippen LogP contribution in [0.4, 0.5) is 0 Å². The monoisotopic (exact) mass is 341 g/mol. The summed E-state index contributed by atoms with van der Waals surface area (Å²) in [6.07, 6.45) is 8.38. The largest absolute Gasteiger partial charge is 0.374 e. The number of hydrogen-bond donors (Lipinski definition) is 1. The molecule has 1 amide bonds. The fourth-order valence-corrected chi connectivity index (χ4v) is 3.78. The van der Waals surface area contributed by atoms with Crippen molar-refractivity contribution in [1.29, 1.82) is 0 Å². The van der Waals surface area contributed by atoms with Gasteiger partial charge in [-0.1, -0.05) is 6.07 Å². The van der Waals surface area contributed by atoms with Crippen LogP contribution >= 0.6 is 0 Å². The Morgan fingerprint density at radius 3 is 3.08 bits per heavy atom. The lowest BCUT2D eigenvalue weighted by atomic mass is 9.99. The molecule has 0 radical (unpaired) electrons. The Balaban J connectivity index is 1.27. The second-order valence-corrected chi connectivity index (χ2v) is 6.69. The van der Waals surface area contributed by atoms with Gasteiger partial charge in [0.05, 0.1) is 31.5 Å². The molecule has 0 saturated carbocycles. The smallest absolute Gasteiger partial charge is 0.270 e. The summed E-state index contributed by atoms with van der Waals surface area (Å²) in [5.74, 6) is 0.0763. The molecule has 25 heavy (non-hydrogen) atoms. The van der Waals surface area contributed by atoms with Gasteiger partial charge in [0.15, 0.2) is 0 Å². The molecule has 2 fully saturated rings. The third-order valence-corrected chi connectivity index (χ3v) is 5.02. The minimum Gasteiger partial charge on any atom is -0.374 e. The number of nitrogens with one attached hydrogen (secondary N) is 1. The molecule has 2 aliphatic heterocycles. The molecular weight excluding hydrogens is 318 g/mol. The predicted molar refractivity (Wildman–Crippen MR) is 92.0 cm³/mol. The van der Waals surface area contributed by atoms with Crippen LogP contribution in [0, 0.1) is 0 Å². The second-order valence-electron chi connectivity index (χ2n) is 6.69. The van der Waals surface area contributed by atoms with E-state index in [1.807, 2.05) is 35.4 Å². The number of aromatic amines is 1. The molecule has 2 aliphatic rings. The predicted octanol–water partition coefficient (Wildman–Crippen LogP) is 2.39. The first-order valence-electron chi connectivity index (χ1n) is 8.88. The van der Waals surface area contributed by atoms with Crippen molar-refractivity contribution in [1.82, 2.24) is 14.9 Å². The van der Waals surface area contributed by atoms with Crippen molar-refractivity contribution in [2.45, 2.75) is 44.1 Å². The highest BCUT2D eigenvalue weighted by Gasteiger charge is 2.42. The molecule has 2 aromatic heterocycles. The number of likely N-dealkylation sites (tertiary alicyclic amines) is 1. The Labute approximate surface area is 147 Å². The molecule has 132 valence electrons. The number of fused-ring (bicyclic) bond motifs is 1. The number of carbonyl (C=O) groups is 1. The summed E-state index contributed by atoms with van der Waals surface area (Å²) in [6.45, 7) is 1.90. The average Bonchev–Trinajstić information content (AvgIpc) is 3.32. The summed E-state index contributed by atoms with van der Waals surface area (Å²) >= 11 is 0. The van der Waals surface area contributed by atoms with Crippen LogP contribution in [0.5, 0.6) is 0 Å². The van der Waals surface area contributed by atoms with E-state index in [-0.39, 0.29) is 24.2 Å². The zero-order valence-electron chi connectivity index (χ0n) is 14.1. The van der Waals surface area contributed by atoms with Gasteiger partial charge >= 0.3 is 0 Å². The molecule has 3 atom stereocenters. The number of carbonyl (C=O) groups excluding carboxylic acids is 1. The van der Waals surface area contributed by atoms with E-state index in [4.69, 9.17) is 9.47 Å². The Kier molecular flexibility index (Phi) is 4.81. The standard InChI is InChI=1S/C19H23N3O3/c23-19(16-4-2-9-21-16)22-10-7-18-17(22)6-5-15(25-18)13-24-12-14-3-1-8-20-11-14/h1-4,8-9,11,15,17-18,21H,5-7,10,12-13H2/t15-,17+,18+/m1/s1. The highest BCUT2D eigenvalue weighted by molar-refractivity contribution is 5.92. The van der Waals surface area contributed by atoms with E-state index in [1.54, 1.807) is 12.4 Å². The van der Waals surface area contributed by atoms with E-state index in [2.05, 4.69) is 9.97 Å². The van der Waals surface area contributed by atoms with E-state index in [0.29, 0.717) is 18.9 Å². The molecule has 0 unspecified atom stereocenters. The summed E-state index contributed by atoms with van der Waals surface area (Å²) in [5, 5.41) is 0. The summed E-state index contributed by atoms with van der Waals surface area (Å²) in [6, 6.07) is 7.79. The molecule has 0 bridgehead atoms. The number of amides is 1. The molecular formula is C19H23N3O3. The van der Waals surface area contributed by atoms with E-state index in [0.717, 1.165) is 31.4 Å². The summed E-state index contributed by atoms with van der Waals surface area (Å²) in [7, 11) is 0. The molecule has 4 rings (SSSR count). The highest BCUT2D eigenvalue weighted by atomic mass is 16.5. The Morgan fingerprint density at radius 1 is 1.32 bits per heavy atom. The van der Waals surface area contributed by atoms with Crippen molar-refractivity contribution >= 4 is 5.91 Å². The van der Waals surface area contributed by atoms with Gasteiger partial charge in [0.1, 0.15) is 5.69 Å².